The lowest BCUT2D eigenvalue weighted by Gasteiger charge is -2.31. The number of benzene rings is 1. The van der Waals surface area contributed by atoms with Gasteiger partial charge in [-0.3, -0.25) is 9.59 Å². The second-order valence-corrected chi connectivity index (χ2v) is 7.10. The third kappa shape index (κ3) is 4.53. The van der Waals surface area contributed by atoms with E-state index in [4.69, 9.17) is 4.74 Å². The third-order valence-electron chi connectivity index (χ3n) is 5.14. The molecule has 1 aliphatic carbocycles. The van der Waals surface area contributed by atoms with Gasteiger partial charge in [0.05, 0.1) is 12.5 Å². The molecule has 1 unspecified atom stereocenters. The molecule has 2 fully saturated rings. The van der Waals surface area contributed by atoms with Crippen LogP contribution in [-0.4, -0.2) is 35.9 Å². The number of anilines is 1. The molecule has 0 aromatic heterocycles. The summed E-state index contributed by atoms with van der Waals surface area (Å²) in [6.07, 6.45) is 7.11. The molecule has 0 radical (unpaired) electrons. The van der Waals surface area contributed by atoms with E-state index in [1.165, 1.54) is 19.3 Å². The molecule has 1 aromatic carbocycles. The first kappa shape index (κ1) is 17.8. The molecule has 5 heteroatoms. The van der Waals surface area contributed by atoms with Crippen LogP contribution in [0.2, 0.25) is 0 Å². The molecule has 136 valence electrons. The van der Waals surface area contributed by atoms with Crippen LogP contribution in [0.4, 0.5) is 5.69 Å². The van der Waals surface area contributed by atoms with Crippen LogP contribution in [-0.2, 0) is 9.59 Å². The summed E-state index contributed by atoms with van der Waals surface area (Å²) in [6.45, 7) is 3.31. The molecule has 1 N–H and O–H groups in total. The SMILES string of the molecule is CCCOc1ccc(NC(=O)C2CC(=O)N(C3CCCCC3)C2)cc1. The number of carbonyl (C=O) groups is 2. The van der Waals surface area contributed by atoms with Gasteiger partial charge < -0.3 is 15.0 Å². The van der Waals surface area contributed by atoms with Gasteiger partial charge in [-0.1, -0.05) is 26.2 Å². The number of ether oxygens (including phenoxy) is 1. The average Bonchev–Trinajstić information content (AvgIpc) is 3.04. The van der Waals surface area contributed by atoms with Crippen molar-refractivity contribution in [2.24, 2.45) is 5.92 Å². The molecule has 1 saturated heterocycles. The molecule has 0 spiro atoms. The summed E-state index contributed by atoms with van der Waals surface area (Å²) in [6, 6.07) is 7.75. The van der Waals surface area contributed by atoms with Gasteiger partial charge in [-0.05, 0) is 43.5 Å². The molecular weight excluding hydrogens is 316 g/mol. The average molecular weight is 344 g/mol. The minimum Gasteiger partial charge on any atom is -0.494 e. The highest BCUT2D eigenvalue weighted by Crippen LogP contribution is 2.29. The van der Waals surface area contributed by atoms with Crippen molar-refractivity contribution in [1.82, 2.24) is 4.90 Å². The second-order valence-electron chi connectivity index (χ2n) is 7.10. The maximum atomic E-state index is 12.5. The zero-order chi connectivity index (χ0) is 17.6. The fourth-order valence-electron chi connectivity index (χ4n) is 3.75. The Morgan fingerprint density at radius 2 is 1.92 bits per heavy atom. The van der Waals surface area contributed by atoms with Crippen molar-refractivity contribution in [2.75, 3.05) is 18.5 Å². The quantitative estimate of drug-likeness (QED) is 0.858. The molecule has 25 heavy (non-hydrogen) atoms. The van der Waals surface area contributed by atoms with E-state index in [9.17, 15) is 9.59 Å². The van der Waals surface area contributed by atoms with E-state index in [-0.39, 0.29) is 17.7 Å². The molecular formula is C20H28N2O3. The summed E-state index contributed by atoms with van der Waals surface area (Å²) in [7, 11) is 0. The van der Waals surface area contributed by atoms with Gasteiger partial charge in [-0.25, -0.2) is 0 Å². The minimum absolute atomic E-state index is 0.0612. The van der Waals surface area contributed by atoms with Crippen LogP contribution >= 0.6 is 0 Å². The fraction of sp³-hybridized carbons (Fsp3) is 0.600. The Morgan fingerprint density at radius 3 is 2.60 bits per heavy atom. The van der Waals surface area contributed by atoms with Crippen LogP contribution < -0.4 is 10.1 Å². The Labute approximate surface area is 149 Å². The molecule has 1 atom stereocenters. The lowest BCUT2D eigenvalue weighted by atomic mass is 9.94. The highest BCUT2D eigenvalue weighted by Gasteiger charge is 2.38. The lowest BCUT2D eigenvalue weighted by molar-refractivity contribution is -0.130. The maximum Gasteiger partial charge on any atom is 0.229 e. The summed E-state index contributed by atoms with van der Waals surface area (Å²) < 4.78 is 5.55. The molecule has 2 amide bonds. The van der Waals surface area contributed by atoms with Crippen LogP contribution in [0.15, 0.2) is 24.3 Å². The van der Waals surface area contributed by atoms with Crippen LogP contribution in [0.25, 0.3) is 0 Å². The van der Waals surface area contributed by atoms with E-state index in [1.807, 2.05) is 29.2 Å². The van der Waals surface area contributed by atoms with Crippen molar-refractivity contribution >= 4 is 17.5 Å². The van der Waals surface area contributed by atoms with E-state index in [2.05, 4.69) is 12.2 Å². The first-order valence-corrected chi connectivity index (χ1v) is 9.50. The third-order valence-corrected chi connectivity index (χ3v) is 5.14. The van der Waals surface area contributed by atoms with Gasteiger partial charge >= 0.3 is 0 Å². The van der Waals surface area contributed by atoms with Crippen LogP contribution in [0.3, 0.4) is 0 Å². The first-order chi connectivity index (χ1) is 12.2. The Balaban J connectivity index is 1.53. The Bertz CT molecular complexity index is 593. The van der Waals surface area contributed by atoms with Gasteiger partial charge in [0.1, 0.15) is 5.75 Å². The van der Waals surface area contributed by atoms with Crippen molar-refractivity contribution < 1.29 is 14.3 Å². The number of amides is 2. The fourth-order valence-corrected chi connectivity index (χ4v) is 3.75. The highest BCUT2D eigenvalue weighted by molar-refractivity contribution is 5.97. The smallest absolute Gasteiger partial charge is 0.229 e. The molecule has 0 bridgehead atoms. The van der Waals surface area contributed by atoms with Crippen LogP contribution in [0, 0.1) is 5.92 Å². The van der Waals surface area contributed by atoms with Gasteiger partial charge in [-0.2, -0.15) is 0 Å². The molecule has 1 saturated carbocycles. The number of nitrogens with one attached hydrogen (secondary N) is 1. The molecule has 1 heterocycles. The summed E-state index contributed by atoms with van der Waals surface area (Å²) >= 11 is 0. The monoisotopic (exact) mass is 344 g/mol. The van der Waals surface area contributed by atoms with Crippen molar-refractivity contribution in [3.8, 4) is 5.75 Å². The van der Waals surface area contributed by atoms with E-state index < -0.39 is 0 Å². The first-order valence-electron chi connectivity index (χ1n) is 9.50. The van der Waals surface area contributed by atoms with Crippen molar-refractivity contribution in [3.63, 3.8) is 0 Å². The Morgan fingerprint density at radius 1 is 1.20 bits per heavy atom. The van der Waals surface area contributed by atoms with Gasteiger partial charge in [0.25, 0.3) is 0 Å². The molecule has 1 aliphatic heterocycles. The molecule has 1 aromatic rings. The number of nitrogens with zero attached hydrogens (tertiary/aromatic N) is 1. The van der Waals surface area contributed by atoms with Gasteiger partial charge in [0.2, 0.25) is 11.8 Å². The molecule has 2 aliphatic rings. The van der Waals surface area contributed by atoms with Gasteiger partial charge in [0.15, 0.2) is 0 Å². The second kappa shape index (κ2) is 8.37. The predicted octanol–water partition coefficient (Wildman–Crippen LogP) is 3.60. The highest BCUT2D eigenvalue weighted by atomic mass is 16.5. The van der Waals surface area contributed by atoms with Crippen LogP contribution in [0.1, 0.15) is 51.9 Å². The predicted molar refractivity (Wildman–Crippen MR) is 97.6 cm³/mol. The number of hydrogen-bond acceptors (Lipinski definition) is 3. The van der Waals surface area contributed by atoms with Crippen molar-refractivity contribution in [1.29, 1.82) is 0 Å². The molecule has 5 nitrogen and oxygen atoms in total. The van der Waals surface area contributed by atoms with E-state index >= 15 is 0 Å². The summed E-state index contributed by atoms with van der Waals surface area (Å²) in [5.41, 5.74) is 0.748. The zero-order valence-corrected chi connectivity index (χ0v) is 15.0. The standard InChI is InChI=1S/C20H28N2O3/c1-2-12-25-18-10-8-16(9-11-18)21-20(24)15-13-19(23)22(14-15)17-6-4-3-5-7-17/h8-11,15,17H,2-7,12-14H2,1H3,(H,21,24). The molecule has 3 rings (SSSR count). The van der Waals surface area contributed by atoms with Gasteiger partial charge in [-0.15, -0.1) is 0 Å². The van der Waals surface area contributed by atoms with E-state index in [1.54, 1.807) is 0 Å². The summed E-state index contributed by atoms with van der Waals surface area (Å²) in [5, 5.41) is 2.94. The Kier molecular flexibility index (Phi) is 5.95. The number of rotatable bonds is 6. The van der Waals surface area contributed by atoms with Gasteiger partial charge in [0, 0.05) is 24.7 Å². The number of likely N-dealkylation sites (tertiary alicyclic amines) is 1. The van der Waals surface area contributed by atoms with E-state index in [0.717, 1.165) is 30.7 Å². The minimum atomic E-state index is -0.245. The number of carbonyl (C=O) groups excluding carboxylic acids is 2. The Hall–Kier alpha value is -2.04. The van der Waals surface area contributed by atoms with Crippen molar-refractivity contribution in [3.05, 3.63) is 24.3 Å². The number of hydrogen-bond donors (Lipinski definition) is 1. The van der Waals surface area contributed by atoms with E-state index in [0.29, 0.717) is 25.6 Å². The van der Waals surface area contributed by atoms with Crippen LogP contribution in [0.5, 0.6) is 5.75 Å². The van der Waals surface area contributed by atoms with Crippen molar-refractivity contribution in [2.45, 2.75) is 57.9 Å². The maximum absolute atomic E-state index is 12.5. The summed E-state index contributed by atoms with van der Waals surface area (Å²) in [5.74, 6) is 0.633. The lowest BCUT2D eigenvalue weighted by Crippen LogP contribution is -2.38. The zero-order valence-electron chi connectivity index (χ0n) is 15.0. The summed E-state index contributed by atoms with van der Waals surface area (Å²) in [4.78, 5) is 26.8. The topological polar surface area (TPSA) is 58.6 Å². The normalized spacial score (nSPS) is 21.4. The largest absolute Gasteiger partial charge is 0.494 e.